The first-order valence-electron chi connectivity index (χ1n) is 6.20. The Morgan fingerprint density at radius 1 is 1.29 bits per heavy atom. The van der Waals surface area contributed by atoms with Crippen LogP contribution in [0.2, 0.25) is 0 Å². The van der Waals surface area contributed by atoms with Crippen LogP contribution in [0.1, 0.15) is 32.9 Å². The van der Waals surface area contributed by atoms with Crippen molar-refractivity contribution in [3.05, 3.63) is 58.4 Å². The van der Waals surface area contributed by atoms with Gasteiger partial charge in [-0.1, -0.05) is 12.1 Å². The molecule has 0 aliphatic rings. The second-order valence-corrected chi connectivity index (χ2v) is 4.62. The molecule has 0 saturated carbocycles. The second-order valence-electron chi connectivity index (χ2n) is 4.62. The molecule has 2 rings (SSSR count). The van der Waals surface area contributed by atoms with Crippen LogP contribution in [0.15, 0.2) is 30.3 Å². The van der Waals surface area contributed by atoms with Gasteiger partial charge < -0.3 is 0 Å². The van der Waals surface area contributed by atoms with E-state index in [0.717, 1.165) is 29.1 Å². The van der Waals surface area contributed by atoms with E-state index in [1.807, 2.05) is 0 Å². The van der Waals surface area contributed by atoms with Gasteiger partial charge >= 0.3 is 6.18 Å². The van der Waals surface area contributed by atoms with Gasteiger partial charge in [-0.15, -0.1) is 0 Å². The van der Waals surface area contributed by atoms with Crippen LogP contribution in [-0.2, 0) is 6.18 Å². The average molecular weight is 294 g/mol. The first-order chi connectivity index (χ1) is 9.79. The number of allylic oxidation sites excluding steroid dienone is 1. The molecule has 1 heterocycles. The third-order valence-electron chi connectivity index (χ3n) is 3.06. The normalized spacial score (nSPS) is 12.0. The van der Waals surface area contributed by atoms with E-state index in [4.69, 9.17) is 0 Å². The van der Waals surface area contributed by atoms with Crippen molar-refractivity contribution in [3.8, 4) is 0 Å². The van der Waals surface area contributed by atoms with E-state index in [0.29, 0.717) is 0 Å². The molecule has 0 fully saturated rings. The van der Waals surface area contributed by atoms with Crippen LogP contribution in [0.25, 0.3) is 6.08 Å². The number of nitrogens with zero attached hydrogens (tertiary/aromatic N) is 1. The van der Waals surface area contributed by atoms with Gasteiger partial charge in [-0.3, -0.25) is 9.89 Å². The van der Waals surface area contributed by atoms with Crippen LogP contribution in [0, 0.1) is 13.8 Å². The number of carbonyl (C=O) groups excluding carboxylic acids is 1. The van der Waals surface area contributed by atoms with Crippen molar-refractivity contribution in [2.24, 2.45) is 0 Å². The first kappa shape index (κ1) is 15.0. The molecule has 0 saturated heterocycles. The maximum absolute atomic E-state index is 12.6. The molecule has 1 aromatic heterocycles. The number of carbonyl (C=O) groups is 1. The summed E-state index contributed by atoms with van der Waals surface area (Å²) in [6, 6.07) is 4.36. The van der Waals surface area contributed by atoms with E-state index in [2.05, 4.69) is 10.2 Å². The van der Waals surface area contributed by atoms with Crippen LogP contribution < -0.4 is 0 Å². The molecule has 0 aliphatic heterocycles. The van der Waals surface area contributed by atoms with Crippen molar-refractivity contribution in [1.82, 2.24) is 10.2 Å². The monoisotopic (exact) mass is 294 g/mol. The number of hydrogen-bond acceptors (Lipinski definition) is 2. The molecule has 0 amide bonds. The number of rotatable bonds is 3. The third-order valence-corrected chi connectivity index (χ3v) is 3.06. The van der Waals surface area contributed by atoms with Crippen LogP contribution in [0.5, 0.6) is 0 Å². The summed E-state index contributed by atoms with van der Waals surface area (Å²) < 4.78 is 37.8. The third kappa shape index (κ3) is 3.39. The minimum absolute atomic E-state index is 0.000115. The highest BCUT2D eigenvalue weighted by Gasteiger charge is 2.30. The topological polar surface area (TPSA) is 45.8 Å². The zero-order valence-corrected chi connectivity index (χ0v) is 11.5. The van der Waals surface area contributed by atoms with Crippen molar-refractivity contribution in [1.29, 1.82) is 0 Å². The fourth-order valence-electron chi connectivity index (χ4n) is 1.91. The van der Waals surface area contributed by atoms with E-state index < -0.39 is 17.5 Å². The van der Waals surface area contributed by atoms with E-state index in [9.17, 15) is 18.0 Å². The highest BCUT2D eigenvalue weighted by molar-refractivity contribution is 6.07. The smallest absolute Gasteiger partial charge is 0.289 e. The number of ketones is 1. The molecule has 0 spiro atoms. The molecule has 1 aromatic carbocycles. The SMILES string of the molecule is Cc1n[nH]c(C)c1/C=C/C(=O)c1cccc(C(F)(F)F)c1. The number of alkyl halides is 3. The number of nitrogens with one attached hydrogen (secondary N) is 1. The van der Waals surface area contributed by atoms with Gasteiger partial charge in [-0.2, -0.15) is 18.3 Å². The standard InChI is InChI=1S/C15H13F3N2O/c1-9-13(10(2)20-19-9)6-7-14(21)11-4-3-5-12(8-11)15(16,17)18/h3-8H,1-2H3,(H,19,20)/b7-6+. The Bertz CT molecular complexity index is 680. The fourth-order valence-corrected chi connectivity index (χ4v) is 1.91. The van der Waals surface area contributed by atoms with Crippen molar-refractivity contribution in [2.75, 3.05) is 0 Å². The lowest BCUT2D eigenvalue weighted by Crippen LogP contribution is -2.06. The molecule has 2 aromatic rings. The zero-order valence-electron chi connectivity index (χ0n) is 11.5. The van der Waals surface area contributed by atoms with E-state index in [1.54, 1.807) is 19.9 Å². The number of aromatic amines is 1. The molecule has 21 heavy (non-hydrogen) atoms. The number of benzene rings is 1. The van der Waals surface area contributed by atoms with Gasteiger partial charge in [-0.25, -0.2) is 0 Å². The van der Waals surface area contributed by atoms with Crippen LogP contribution in [0.4, 0.5) is 13.2 Å². The van der Waals surface area contributed by atoms with Crippen molar-refractivity contribution < 1.29 is 18.0 Å². The maximum atomic E-state index is 12.6. The molecule has 3 nitrogen and oxygen atoms in total. The molecule has 6 heteroatoms. The summed E-state index contributed by atoms with van der Waals surface area (Å²) in [5, 5.41) is 6.75. The number of aryl methyl sites for hydroxylation is 2. The van der Waals surface area contributed by atoms with Gasteiger partial charge in [0.15, 0.2) is 5.78 Å². The summed E-state index contributed by atoms with van der Waals surface area (Å²) in [6.45, 7) is 3.58. The lowest BCUT2D eigenvalue weighted by molar-refractivity contribution is -0.137. The highest BCUT2D eigenvalue weighted by Crippen LogP contribution is 2.29. The van der Waals surface area contributed by atoms with Gasteiger partial charge in [-0.05, 0) is 38.1 Å². The van der Waals surface area contributed by atoms with Crippen molar-refractivity contribution in [3.63, 3.8) is 0 Å². The Morgan fingerprint density at radius 3 is 2.57 bits per heavy atom. The second kappa shape index (κ2) is 5.55. The first-order valence-corrected chi connectivity index (χ1v) is 6.20. The maximum Gasteiger partial charge on any atom is 0.416 e. The van der Waals surface area contributed by atoms with Gasteiger partial charge in [0.1, 0.15) is 0 Å². The molecule has 110 valence electrons. The van der Waals surface area contributed by atoms with Crippen LogP contribution >= 0.6 is 0 Å². The number of aromatic nitrogens is 2. The summed E-state index contributed by atoms with van der Waals surface area (Å²) in [5.41, 5.74) is 1.44. The zero-order chi connectivity index (χ0) is 15.6. The molecule has 0 unspecified atom stereocenters. The van der Waals surface area contributed by atoms with E-state index in [1.165, 1.54) is 18.2 Å². The summed E-state index contributed by atoms with van der Waals surface area (Å²) in [7, 11) is 0. The number of hydrogen-bond donors (Lipinski definition) is 1. The van der Waals surface area contributed by atoms with Gasteiger partial charge in [0.2, 0.25) is 0 Å². The molecular formula is C15H13F3N2O. The predicted molar refractivity (Wildman–Crippen MR) is 72.9 cm³/mol. The Balaban J connectivity index is 2.25. The Kier molecular flexibility index (Phi) is 3.97. The summed E-state index contributed by atoms with van der Waals surface area (Å²) in [4.78, 5) is 12.0. The largest absolute Gasteiger partial charge is 0.416 e. The van der Waals surface area contributed by atoms with Gasteiger partial charge in [0.05, 0.1) is 11.3 Å². The fraction of sp³-hybridized carbons (Fsp3) is 0.200. The predicted octanol–water partition coefficient (Wildman–Crippen LogP) is 3.94. The Labute approximate surface area is 119 Å². The Hall–Kier alpha value is -2.37. The molecule has 0 radical (unpaired) electrons. The summed E-state index contributed by atoms with van der Waals surface area (Å²) in [5.74, 6) is -0.485. The van der Waals surface area contributed by atoms with E-state index >= 15 is 0 Å². The average Bonchev–Trinajstić information content (AvgIpc) is 2.75. The summed E-state index contributed by atoms with van der Waals surface area (Å²) in [6.07, 6.45) is -1.66. The van der Waals surface area contributed by atoms with Crippen molar-refractivity contribution in [2.45, 2.75) is 20.0 Å². The minimum Gasteiger partial charge on any atom is -0.289 e. The van der Waals surface area contributed by atoms with Crippen LogP contribution in [0.3, 0.4) is 0 Å². The molecule has 1 N–H and O–H groups in total. The lowest BCUT2D eigenvalue weighted by atomic mass is 10.1. The number of H-pyrrole nitrogens is 1. The molecular weight excluding hydrogens is 281 g/mol. The Morgan fingerprint density at radius 2 is 2.00 bits per heavy atom. The van der Waals surface area contributed by atoms with Crippen molar-refractivity contribution >= 4 is 11.9 Å². The van der Waals surface area contributed by atoms with E-state index in [-0.39, 0.29) is 5.56 Å². The van der Waals surface area contributed by atoms with Gasteiger partial charge in [0.25, 0.3) is 0 Å². The quantitative estimate of drug-likeness (QED) is 0.688. The minimum atomic E-state index is -4.46. The van der Waals surface area contributed by atoms with Crippen LogP contribution in [-0.4, -0.2) is 16.0 Å². The highest BCUT2D eigenvalue weighted by atomic mass is 19.4. The lowest BCUT2D eigenvalue weighted by Gasteiger charge is -2.07. The van der Waals surface area contributed by atoms with Gasteiger partial charge in [0, 0.05) is 16.8 Å². The summed E-state index contributed by atoms with van der Waals surface area (Å²) >= 11 is 0. The number of halogens is 3. The molecule has 0 aliphatic carbocycles. The molecule has 0 bridgehead atoms. The molecule has 0 atom stereocenters.